The summed E-state index contributed by atoms with van der Waals surface area (Å²) >= 11 is 0. The zero-order valence-electron chi connectivity index (χ0n) is 17.5. The maximum atomic E-state index is 11.8. The van der Waals surface area contributed by atoms with Gasteiger partial charge >= 0.3 is 0 Å². The van der Waals surface area contributed by atoms with Crippen LogP contribution >= 0.6 is 0 Å². The molecule has 4 rings (SSSR count). The lowest BCUT2D eigenvalue weighted by Gasteiger charge is -2.08. The van der Waals surface area contributed by atoms with E-state index in [0.29, 0.717) is 25.3 Å². The van der Waals surface area contributed by atoms with E-state index in [4.69, 9.17) is 11.1 Å². The number of aromatic nitrogens is 4. The highest BCUT2D eigenvalue weighted by Crippen LogP contribution is 2.21. The number of nitrogens with zero attached hydrogens (tertiary/aromatic N) is 4. The van der Waals surface area contributed by atoms with Gasteiger partial charge in [0.15, 0.2) is 0 Å². The zero-order valence-corrected chi connectivity index (χ0v) is 17.5. The Bertz CT molecular complexity index is 1250. The highest BCUT2D eigenvalue weighted by Gasteiger charge is 2.07. The SMILES string of the molecule is N=C(N)CC(=O)CCc1cccc(-c2cnc(NCc3ccc4nccnc4c3)nc2)c1. The van der Waals surface area contributed by atoms with Crippen LogP contribution in [0.4, 0.5) is 5.95 Å². The molecule has 8 nitrogen and oxygen atoms in total. The molecule has 0 fully saturated rings. The van der Waals surface area contributed by atoms with Crippen LogP contribution in [0.15, 0.2) is 67.3 Å². The Labute approximate surface area is 185 Å². The lowest BCUT2D eigenvalue weighted by atomic mass is 10.0. The van der Waals surface area contributed by atoms with Crippen LogP contribution in [-0.4, -0.2) is 31.6 Å². The zero-order chi connectivity index (χ0) is 22.3. The van der Waals surface area contributed by atoms with E-state index in [-0.39, 0.29) is 18.0 Å². The number of benzene rings is 2. The molecule has 0 bridgehead atoms. The van der Waals surface area contributed by atoms with Crippen molar-refractivity contribution in [1.29, 1.82) is 5.41 Å². The molecule has 2 aromatic heterocycles. The summed E-state index contributed by atoms with van der Waals surface area (Å²) in [6.45, 7) is 0.579. The van der Waals surface area contributed by atoms with E-state index < -0.39 is 0 Å². The first-order valence-corrected chi connectivity index (χ1v) is 10.3. The number of Topliss-reactive ketones (excluding diaryl/α,β-unsaturated/α-hetero) is 1. The Balaban J connectivity index is 1.37. The highest BCUT2D eigenvalue weighted by molar-refractivity contribution is 5.98. The number of nitrogens with two attached hydrogens (primary N) is 1. The summed E-state index contributed by atoms with van der Waals surface area (Å²) in [7, 11) is 0. The number of rotatable bonds is 9. The second kappa shape index (κ2) is 9.74. The lowest BCUT2D eigenvalue weighted by Crippen LogP contribution is -2.15. The molecule has 2 aromatic carbocycles. The molecule has 4 N–H and O–H groups in total. The van der Waals surface area contributed by atoms with Crippen molar-refractivity contribution in [3.8, 4) is 11.1 Å². The average Bonchev–Trinajstić information content (AvgIpc) is 2.81. The second-order valence-electron chi connectivity index (χ2n) is 7.47. The van der Waals surface area contributed by atoms with Crippen molar-refractivity contribution in [3.63, 3.8) is 0 Å². The quantitative estimate of drug-likeness (QED) is 0.276. The normalized spacial score (nSPS) is 10.8. The first-order valence-electron chi connectivity index (χ1n) is 10.3. The molecule has 0 radical (unpaired) electrons. The third-order valence-electron chi connectivity index (χ3n) is 4.98. The molecule has 0 amide bonds. The van der Waals surface area contributed by atoms with Crippen molar-refractivity contribution in [2.45, 2.75) is 25.8 Å². The predicted molar refractivity (Wildman–Crippen MR) is 124 cm³/mol. The molecule has 0 aliphatic rings. The number of amidine groups is 1. The van der Waals surface area contributed by atoms with Gasteiger partial charge in [0.25, 0.3) is 0 Å². The molecule has 0 saturated carbocycles. The predicted octanol–water partition coefficient (Wildman–Crippen LogP) is 3.53. The maximum absolute atomic E-state index is 11.8. The van der Waals surface area contributed by atoms with E-state index in [1.165, 1.54) is 0 Å². The Kier molecular flexibility index (Phi) is 6.41. The van der Waals surface area contributed by atoms with Gasteiger partial charge in [0.05, 0.1) is 23.3 Å². The maximum Gasteiger partial charge on any atom is 0.222 e. The van der Waals surface area contributed by atoms with Crippen LogP contribution in [0.3, 0.4) is 0 Å². The number of hydrogen-bond acceptors (Lipinski definition) is 7. The summed E-state index contributed by atoms with van der Waals surface area (Å²) in [6.07, 6.45) is 7.90. The summed E-state index contributed by atoms with van der Waals surface area (Å²) < 4.78 is 0. The highest BCUT2D eigenvalue weighted by atomic mass is 16.1. The number of anilines is 1. The van der Waals surface area contributed by atoms with E-state index in [1.54, 1.807) is 24.8 Å². The average molecular weight is 425 g/mol. The van der Waals surface area contributed by atoms with E-state index in [0.717, 1.165) is 33.3 Å². The first kappa shape index (κ1) is 21.0. The first-order chi connectivity index (χ1) is 15.6. The summed E-state index contributed by atoms with van der Waals surface area (Å²) in [5, 5.41) is 10.4. The Hall–Kier alpha value is -4.20. The largest absolute Gasteiger partial charge is 0.387 e. The van der Waals surface area contributed by atoms with Gasteiger partial charge in [0, 0.05) is 43.3 Å². The fourth-order valence-electron chi connectivity index (χ4n) is 3.36. The minimum atomic E-state index is -0.0936. The Morgan fingerprint density at radius 3 is 2.47 bits per heavy atom. The van der Waals surface area contributed by atoms with Crippen LogP contribution < -0.4 is 11.1 Å². The fourth-order valence-corrected chi connectivity index (χ4v) is 3.36. The van der Waals surface area contributed by atoms with Crippen LogP contribution in [0.1, 0.15) is 24.0 Å². The molecule has 32 heavy (non-hydrogen) atoms. The van der Waals surface area contributed by atoms with Gasteiger partial charge in [-0.2, -0.15) is 0 Å². The van der Waals surface area contributed by atoms with Gasteiger partial charge < -0.3 is 11.1 Å². The lowest BCUT2D eigenvalue weighted by molar-refractivity contribution is -0.117. The molecule has 0 saturated heterocycles. The van der Waals surface area contributed by atoms with Gasteiger partial charge in [-0.1, -0.05) is 30.3 Å². The molecule has 160 valence electrons. The van der Waals surface area contributed by atoms with Crippen molar-refractivity contribution in [1.82, 2.24) is 19.9 Å². The monoisotopic (exact) mass is 425 g/mol. The number of aryl methyl sites for hydroxylation is 1. The van der Waals surface area contributed by atoms with Crippen LogP contribution in [-0.2, 0) is 17.8 Å². The topological polar surface area (TPSA) is 131 Å². The fraction of sp³-hybridized carbons (Fsp3) is 0.167. The van der Waals surface area contributed by atoms with Gasteiger partial charge in [-0.05, 0) is 35.2 Å². The Morgan fingerprint density at radius 2 is 1.69 bits per heavy atom. The van der Waals surface area contributed by atoms with E-state index in [9.17, 15) is 4.79 Å². The van der Waals surface area contributed by atoms with Crippen LogP contribution in [0.5, 0.6) is 0 Å². The van der Waals surface area contributed by atoms with Gasteiger partial charge in [0.1, 0.15) is 5.78 Å². The minimum absolute atomic E-state index is 0.00853. The smallest absolute Gasteiger partial charge is 0.222 e. The number of ketones is 1. The van der Waals surface area contributed by atoms with Gasteiger partial charge in [-0.15, -0.1) is 0 Å². The van der Waals surface area contributed by atoms with Crippen molar-refractivity contribution in [2.24, 2.45) is 5.73 Å². The summed E-state index contributed by atoms with van der Waals surface area (Å²) in [6, 6.07) is 13.9. The second-order valence-corrected chi connectivity index (χ2v) is 7.47. The molecule has 4 aromatic rings. The number of hydrogen-bond donors (Lipinski definition) is 3. The van der Waals surface area contributed by atoms with Crippen molar-refractivity contribution in [3.05, 3.63) is 78.4 Å². The number of carbonyl (C=O) groups is 1. The number of fused-ring (bicyclic) bond motifs is 1. The third kappa shape index (κ3) is 5.48. The van der Waals surface area contributed by atoms with Crippen molar-refractivity contribution >= 4 is 28.6 Å². The minimum Gasteiger partial charge on any atom is -0.387 e. The number of nitrogens with one attached hydrogen (secondary N) is 2. The molecule has 0 unspecified atom stereocenters. The van der Waals surface area contributed by atoms with Crippen LogP contribution in [0, 0.1) is 5.41 Å². The van der Waals surface area contributed by atoms with Crippen LogP contribution in [0.2, 0.25) is 0 Å². The standard InChI is InChI=1S/C24H23N7O/c25-23(26)12-20(32)6-4-16-2-1-3-18(10-16)19-14-30-24(31-15-19)29-13-17-5-7-21-22(11-17)28-9-8-27-21/h1-3,5,7-11,14-15H,4,6,12-13H2,(H3,25,26)(H,29,30,31). The van der Waals surface area contributed by atoms with E-state index >= 15 is 0 Å². The molecule has 0 aliphatic carbocycles. The summed E-state index contributed by atoms with van der Waals surface area (Å²) in [5.74, 6) is 0.419. The van der Waals surface area contributed by atoms with Gasteiger partial charge in [0.2, 0.25) is 5.95 Å². The molecule has 8 heteroatoms. The van der Waals surface area contributed by atoms with E-state index in [1.807, 2.05) is 42.5 Å². The van der Waals surface area contributed by atoms with Crippen molar-refractivity contribution in [2.75, 3.05) is 5.32 Å². The van der Waals surface area contributed by atoms with Crippen LogP contribution in [0.25, 0.3) is 22.2 Å². The summed E-state index contributed by atoms with van der Waals surface area (Å²) in [5.41, 5.74) is 11.0. The summed E-state index contributed by atoms with van der Waals surface area (Å²) in [4.78, 5) is 29.3. The molecular formula is C24H23N7O. The van der Waals surface area contributed by atoms with Crippen molar-refractivity contribution < 1.29 is 4.79 Å². The molecule has 0 atom stereocenters. The molecule has 2 heterocycles. The molecule has 0 spiro atoms. The van der Waals surface area contributed by atoms with Gasteiger partial charge in [-0.3, -0.25) is 20.2 Å². The molecular weight excluding hydrogens is 402 g/mol. The van der Waals surface area contributed by atoms with E-state index in [2.05, 4.69) is 25.3 Å². The van der Waals surface area contributed by atoms with Gasteiger partial charge in [-0.25, -0.2) is 9.97 Å². The molecule has 0 aliphatic heterocycles. The Morgan fingerprint density at radius 1 is 0.906 bits per heavy atom. The number of carbonyl (C=O) groups excluding carboxylic acids is 1. The third-order valence-corrected chi connectivity index (χ3v) is 4.98.